The van der Waals surface area contributed by atoms with E-state index < -0.39 is 9.84 Å². The first kappa shape index (κ1) is 21.2. The van der Waals surface area contributed by atoms with Gasteiger partial charge in [0.15, 0.2) is 27.9 Å². The molecule has 0 atom stereocenters. The summed E-state index contributed by atoms with van der Waals surface area (Å²) >= 11 is 0. The fourth-order valence-electron chi connectivity index (χ4n) is 3.49. The van der Waals surface area contributed by atoms with Crippen LogP contribution in [0.25, 0.3) is 0 Å². The number of anilines is 1. The Labute approximate surface area is 172 Å². The molecule has 0 aromatic heterocycles. The lowest BCUT2D eigenvalue weighted by Gasteiger charge is -2.27. The summed E-state index contributed by atoms with van der Waals surface area (Å²) in [6, 6.07) is 11.9. The van der Waals surface area contributed by atoms with Gasteiger partial charge in [0.05, 0.1) is 4.90 Å². The summed E-state index contributed by atoms with van der Waals surface area (Å²) in [6.45, 7) is 7.68. The van der Waals surface area contributed by atoms with Crippen molar-refractivity contribution in [2.75, 3.05) is 17.8 Å². The number of benzene rings is 2. The molecule has 0 saturated carbocycles. The lowest BCUT2D eigenvalue weighted by Crippen LogP contribution is -2.40. The number of fused-ring (bicyclic) bond motifs is 1. The van der Waals surface area contributed by atoms with Crippen LogP contribution in [0.4, 0.5) is 5.69 Å². The third kappa shape index (κ3) is 4.72. The van der Waals surface area contributed by atoms with Crippen molar-refractivity contribution in [1.29, 1.82) is 0 Å². The van der Waals surface area contributed by atoms with Crippen LogP contribution in [0.5, 0.6) is 11.5 Å². The average Bonchev–Trinajstić information content (AvgIpc) is 2.94. The Balaban J connectivity index is 1.76. The minimum atomic E-state index is -3.29. The van der Waals surface area contributed by atoms with Crippen LogP contribution < -0.4 is 14.4 Å². The maximum atomic E-state index is 12.9. The van der Waals surface area contributed by atoms with Gasteiger partial charge in [0.25, 0.3) is 5.91 Å². The van der Waals surface area contributed by atoms with E-state index in [0.717, 1.165) is 18.2 Å². The zero-order valence-corrected chi connectivity index (χ0v) is 18.2. The predicted molar refractivity (Wildman–Crippen MR) is 113 cm³/mol. The number of sulfone groups is 1. The van der Waals surface area contributed by atoms with Gasteiger partial charge in [-0.15, -0.1) is 0 Å². The third-order valence-electron chi connectivity index (χ3n) is 4.73. The van der Waals surface area contributed by atoms with E-state index in [9.17, 15) is 13.2 Å². The molecular formula is C22H27NO5S. The van der Waals surface area contributed by atoms with Crippen LogP contribution in [0.2, 0.25) is 0 Å². The van der Waals surface area contributed by atoms with E-state index in [-0.39, 0.29) is 29.1 Å². The van der Waals surface area contributed by atoms with Crippen LogP contribution in [0.3, 0.4) is 0 Å². The van der Waals surface area contributed by atoms with E-state index >= 15 is 0 Å². The molecule has 0 spiro atoms. The Morgan fingerprint density at radius 1 is 1.17 bits per heavy atom. The van der Waals surface area contributed by atoms with Crippen molar-refractivity contribution in [2.24, 2.45) is 0 Å². The van der Waals surface area contributed by atoms with Crippen molar-refractivity contribution < 1.29 is 22.7 Å². The zero-order valence-electron chi connectivity index (χ0n) is 17.4. The lowest BCUT2D eigenvalue weighted by atomic mass is 10.0. The number of carbonyl (C=O) groups is 1. The monoisotopic (exact) mass is 417 g/mol. The van der Waals surface area contributed by atoms with Gasteiger partial charge in [-0.25, -0.2) is 8.42 Å². The highest BCUT2D eigenvalue weighted by atomic mass is 32.2. The molecule has 0 saturated heterocycles. The molecule has 3 rings (SSSR count). The first-order valence-electron chi connectivity index (χ1n) is 9.54. The smallest absolute Gasteiger partial charge is 0.265 e. The Morgan fingerprint density at radius 3 is 2.41 bits per heavy atom. The first-order valence-corrected chi connectivity index (χ1v) is 11.4. The summed E-state index contributed by atoms with van der Waals surface area (Å²) < 4.78 is 35.1. The molecule has 0 fully saturated rings. The van der Waals surface area contributed by atoms with Crippen molar-refractivity contribution in [3.05, 3.63) is 48.0 Å². The van der Waals surface area contributed by atoms with Crippen molar-refractivity contribution in [1.82, 2.24) is 0 Å². The van der Waals surface area contributed by atoms with Gasteiger partial charge in [0.1, 0.15) is 5.60 Å². The normalized spacial score (nSPS) is 15.0. The second-order valence-corrected chi connectivity index (χ2v) is 10.2. The molecule has 2 aromatic carbocycles. The molecule has 1 aliphatic rings. The molecule has 0 aliphatic carbocycles. The largest absolute Gasteiger partial charge is 0.483 e. The van der Waals surface area contributed by atoms with Crippen LogP contribution in [0.1, 0.15) is 33.3 Å². The number of nitrogens with zero attached hydrogens (tertiary/aromatic N) is 1. The molecule has 2 aromatic rings. The molecule has 29 heavy (non-hydrogen) atoms. The topological polar surface area (TPSA) is 72.9 Å². The molecular weight excluding hydrogens is 390 g/mol. The first-order chi connectivity index (χ1) is 13.5. The van der Waals surface area contributed by atoms with Crippen LogP contribution in [-0.2, 0) is 21.1 Å². The average molecular weight is 418 g/mol. The number of ether oxygens (including phenoxy) is 2. The molecule has 1 heterocycles. The Bertz CT molecular complexity index is 1010. The number of hydrogen-bond donors (Lipinski definition) is 0. The molecule has 6 nitrogen and oxygen atoms in total. The summed E-state index contributed by atoms with van der Waals surface area (Å²) in [5.74, 6) is 1.03. The second kappa shape index (κ2) is 7.71. The van der Waals surface area contributed by atoms with Crippen molar-refractivity contribution in [3.8, 4) is 11.5 Å². The van der Waals surface area contributed by atoms with Gasteiger partial charge in [-0.2, -0.15) is 0 Å². The van der Waals surface area contributed by atoms with E-state index in [1.54, 1.807) is 23.1 Å². The maximum absolute atomic E-state index is 12.9. The van der Waals surface area contributed by atoms with E-state index in [1.807, 2.05) is 39.8 Å². The molecule has 0 unspecified atom stereocenters. The third-order valence-corrected chi connectivity index (χ3v) is 5.86. The van der Waals surface area contributed by atoms with E-state index in [4.69, 9.17) is 9.47 Å². The Hall–Kier alpha value is -2.54. The predicted octanol–water partition coefficient (Wildman–Crippen LogP) is 3.62. The van der Waals surface area contributed by atoms with Gasteiger partial charge in [-0.3, -0.25) is 4.79 Å². The molecule has 156 valence electrons. The Kier molecular flexibility index (Phi) is 5.63. The number of carbonyl (C=O) groups excluding carboxylic acids is 1. The molecule has 7 heteroatoms. The summed E-state index contributed by atoms with van der Waals surface area (Å²) in [4.78, 5) is 14.7. The summed E-state index contributed by atoms with van der Waals surface area (Å²) in [7, 11) is -3.29. The fraction of sp³-hybridized carbons (Fsp3) is 0.409. The molecule has 1 aliphatic heterocycles. The van der Waals surface area contributed by atoms with Crippen molar-refractivity contribution in [3.63, 3.8) is 0 Å². The van der Waals surface area contributed by atoms with Crippen molar-refractivity contribution in [2.45, 2.75) is 50.7 Å². The molecule has 1 amide bonds. The molecule has 0 radical (unpaired) electrons. The summed E-state index contributed by atoms with van der Waals surface area (Å²) in [5.41, 5.74) is 1.39. The highest BCUT2D eigenvalue weighted by molar-refractivity contribution is 7.90. The molecule has 0 N–H and O–H groups in total. The van der Waals surface area contributed by atoms with Crippen LogP contribution in [0.15, 0.2) is 47.4 Å². The summed E-state index contributed by atoms with van der Waals surface area (Å²) in [6.07, 6.45) is 1.95. The second-order valence-electron chi connectivity index (χ2n) is 8.20. The standard InChI is InChI=1S/C22H27NO5S/c1-15(2)23(17-9-11-18(12-10-17)29(5,25)26)20(24)14-27-19-8-6-7-16-13-22(3,4)28-21(16)19/h6-12,15H,13-14H2,1-5H3. The highest BCUT2D eigenvalue weighted by Gasteiger charge is 2.32. The lowest BCUT2D eigenvalue weighted by molar-refractivity contribution is -0.120. The maximum Gasteiger partial charge on any atom is 0.265 e. The fourth-order valence-corrected chi connectivity index (χ4v) is 4.12. The SMILES string of the molecule is CC(C)N(C(=O)COc1cccc2c1OC(C)(C)C2)c1ccc(S(C)(=O)=O)cc1. The van der Waals surface area contributed by atoms with Gasteiger partial charge in [0, 0.05) is 30.0 Å². The minimum Gasteiger partial charge on any atom is -0.483 e. The van der Waals surface area contributed by atoms with Gasteiger partial charge in [0.2, 0.25) is 0 Å². The number of para-hydroxylation sites is 1. The number of rotatable bonds is 6. The van der Waals surface area contributed by atoms with Crippen LogP contribution in [-0.4, -0.2) is 38.8 Å². The van der Waals surface area contributed by atoms with Gasteiger partial charge in [-0.1, -0.05) is 12.1 Å². The van der Waals surface area contributed by atoms with Crippen LogP contribution in [0, 0.1) is 0 Å². The quantitative estimate of drug-likeness (QED) is 0.718. The van der Waals surface area contributed by atoms with E-state index in [2.05, 4.69) is 0 Å². The van der Waals surface area contributed by atoms with E-state index in [1.165, 1.54) is 12.1 Å². The molecule has 0 bridgehead atoms. The number of hydrogen-bond acceptors (Lipinski definition) is 5. The highest BCUT2D eigenvalue weighted by Crippen LogP contribution is 2.41. The summed E-state index contributed by atoms with van der Waals surface area (Å²) in [5, 5.41) is 0. The van der Waals surface area contributed by atoms with Gasteiger partial charge < -0.3 is 14.4 Å². The zero-order chi connectivity index (χ0) is 21.4. The number of amides is 1. The van der Waals surface area contributed by atoms with Gasteiger partial charge in [-0.05, 0) is 58.0 Å². The van der Waals surface area contributed by atoms with E-state index in [0.29, 0.717) is 17.2 Å². The van der Waals surface area contributed by atoms with Crippen LogP contribution >= 0.6 is 0 Å². The Morgan fingerprint density at radius 2 is 1.83 bits per heavy atom. The van der Waals surface area contributed by atoms with Crippen molar-refractivity contribution >= 4 is 21.4 Å². The van der Waals surface area contributed by atoms with Gasteiger partial charge >= 0.3 is 0 Å². The minimum absolute atomic E-state index is 0.119.